The van der Waals surface area contributed by atoms with Gasteiger partial charge in [0.1, 0.15) is 0 Å². The number of anilines is 1. The lowest BCUT2D eigenvalue weighted by Crippen LogP contribution is -2.49. The predicted octanol–water partition coefficient (Wildman–Crippen LogP) is 4.37. The molecule has 1 aliphatic carbocycles. The van der Waals surface area contributed by atoms with E-state index in [2.05, 4.69) is 53.0 Å². The van der Waals surface area contributed by atoms with E-state index in [1.807, 2.05) is 24.3 Å². The molecule has 2 aliphatic rings. The second-order valence-corrected chi connectivity index (χ2v) is 8.90. The number of carbonyl (C=O) groups excluding carboxylic acids is 1. The quantitative estimate of drug-likeness (QED) is 0.326. The van der Waals surface area contributed by atoms with Gasteiger partial charge < -0.3 is 14.4 Å². The minimum absolute atomic E-state index is 0.132. The molecule has 1 saturated carbocycles. The third-order valence-electron chi connectivity index (χ3n) is 6.18. The molecule has 1 heterocycles. The van der Waals surface area contributed by atoms with Gasteiger partial charge in [-0.15, -0.1) is 6.58 Å². The lowest BCUT2D eigenvalue weighted by Gasteiger charge is -2.36. The van der Waals surface area contributed by atoms with Crippen molar-refractivity contribution in [3.63, 3.8) is 0 Å². The molecule has 7 heteroatoms. The van der Waals surface area contributed by atoms with Crippen LogP contribution in [0, 0.1) is 6.92 Å². The molecule has 0 radical (unpaired) electrons. The van der Waals surface area contributed by atoms with Crippen LogP contribution in [0.2, 0.25) is 0 Å². The first kappa shape index (κ1) is 26.6. The summed E-state index contributed by atoms with van der Waals surface area (Å²) in [5.41, 5.74) is 4.89. The second-order valence-electron chi connectivity index (χ2n) is 8.90. The summed E-state index contributed by atoms with van der Waals surface area (Å²) in [5.74, 6) is 1.48. The highest BCUT2D eigenvalue weighted by Crippen LogP contribution is 2.35. The minimum Gasteiger partial charge on any atom is -0.493 e. The molecule has 1 N–H and O–H groups in total. The summed E-state index contributed by atoms with van der Waals surface area (Å²) in [6, 6.07) is 16.4. The van der Waals surface area contributed by atoms with Crippen LogP contribution in [0.4, 0.5) is 5.69 Å². The number of methoxy groups -OCH3 is 1. The molecule has 0 bridgehead atoms. The first-order chi connectivity index (χ1) is 17.1. The summed E-state index contributed by atoms with van der Waals surface area (Å²) >= 11 is 0. The Balaban J connectivity index is 0.000000420. The van der Waals surface area contributed by atoms with Gasteiger partial charge >= 0.3 is 0 Å². The molecule has 0 aromatic heterocycles. The molecule has 2 fully saturated rings. The monoisotopic (exact) mass is 481 g/mol. The van der Waals surface area contributed by atoms with Gasteiger partial charge in [0.15, 0.2) is 11.5 Å². The number of benzene rings is 2. The summed E-state index contributed by atoms with van der Waals surface area (Å²) in [4.78, 5) is 21.3. The van der Waals surface area contributed by atoms with Crippen LogP contribution in [0.1, 0.15) is 31.2 Å². The van der Waals surface area contributed by atoms with Crippen molar-refractivity contribution in [3.05, 3.63) is 66.7 Å². The van der Waals surface area contributed by atoms with E-state index in [4.69, 9.17) is 14.3 Å². The van der Waals surface area contributed by atoms with E-state index in [9.17, 15) is 4.79 Å². The van der Waals surface area contributed by atoms with Gasteiger partial charge in [-0.3, -0.25) is 14.5 Å². The van der Waals surface area contributed by atoms with E-state index in [0.29, 0.717) is 19.3 Å². The smallest absolute Gasteiger partial charge is 0.257 e. The van der Waals surface area contributed by atoms with Crippen molar-refractivity contribution in [1.29, 1.82) is 0 Å². The Hall–Kier alpha value is -3.03. The third-order valence-corrected chi connectivity index (χ3v) is 6.18. The lowest BCUT2D eigenvalue weighted by atomic mass is 10.2. The molecule has 35 heavy (non-hydrogen) atoms. The van der Waals surface area contributed by atoms with Gasteiger partial charge in [0.05, 0.1) is 26.4 Å². The molecule has 190 valence electrons. The van der Waals surface area contributed by atoms with Crippen molar-refractivity contribution in [1.82, 2.24) is 10.4 Å². The van der Waals surface area contributed by atoms with Crippen molar-refractivity contribution in [2.75, 3.05) is 51.3 Å². The number of carbonyl (C=O) groups is 1. The fourth-order valence-electron chi connectivity index (χ4n) is 4.25. The van der Waals surface area contributed by atoms with Gasteiger partial charge in [0, 0.05) is 37.9 Å². The molecular weight excluding hydrogens is 442 g/mol. The van der Waals surface area contributed by atoms with Crippen LogP contribution in [0.5, 0.6) is 11.5 Å². The minimum atomic E-state index is -0.132. The number of hydrogen-bond acceptors (Lipinski definition) is 6. The topological polar surface area (TPSA) is 63.3 Å². The van der Waals surface area contributed by atoms with E-state index in [-0.39, 0.29) is 5.91 Å². The van der Waals surface area contributed by atoms with Gasteiger partial charge in [-0.1, -0.05) is 42.0 Å². The van der Waals surface area contributed by atoms with Crippen molar-refractivity contribution in [3.8, 4) is 11.5 Å². The van der Waals surface area contributed by atoms with E-state index in [1.54, 1.807) is 13.2 Å². The van der Waals surface area contributed by atoms with Crippen LogP contribution < -0.4 is 19.9 Å². The number of hydrogen-bond donors (Lipinski definition) is 1. The summed E-state index contributed by atoms with van der Waals surface area (Å²) < 4.78 is 11.7. The zero-order valence-electron chi connectivity index (χ0n) is 21.1. The van der Waals surface area contributed by atoms with Crippen molar-refractivity contribution >= 4 is 11.6 Å². The largest absolute Gasteiger partial charge is 0.493 e. The fourth-order valence-corrected chi connectivity index (χ4v) is 4.25. The van der Waals surface area contributed by atoms with Crippen LogP contribution in [0.3, 0.4) is 0 Å². The maximum Gasteiger partial charge on any atom is 0.257 e. The molecule has 4 rings (SSSR count). The molecule has 0 atom stereocenters. The summed E-state index contributed by atoms with van der Waals surface area (Å²) in [7, 11) is 1.68. The Kier molecular flexibility index (Phi) is 10.9. The number of amides is 1. The molecule has 1 saturated heterocycles. The number of nitrogens with one attached hydrogen (secondary N) is 1. The van der Waals surface area contributed by atoms with Crippen LogP contribution in [0.15, 0.2) is 61.2 Å². The third kappa shape index (κ3) is 8.92. The Morgan fingerprint density at radius 1 is 1.06 bits per heavy atom. The van der Waals surface area contributed by atoms with Gasteiger partial charge in [0.25, 0.3) is 5.91 Å². The Morgan fingerprint density at radius 3 is 2.37 bits per heavy atom. The van der Waals surface area contributed by atoms with Crippen LogP contribution in [-0.4, -0.2) is 63.4 Å². The number of rotatable bonds is 9. The Labute approximate surface area is 209 Å². The van der Waals surface area contributed by atoms with Crippen LogP contribution in [0.25, 0.3) is 0 Å². The maximum absolute atomic E-state index is 11.9. The van der Waals surface area contributed by atoms with Gasteiger partial charge in [0.2, 0.25) is 0 Å². The van der Waals surface area contributed by atoms with Gasteiger partial charge in [-0.2, -0.15) is 0 Å². The molecule has 2 aromatic carbocycles. The lowest BCUT2D eigenvalue weighted by molar-refractivity contribution is -0.133. The van der Waals surface area contributed by atoms with Crippen molar-refractivity contribution in [2.45, 2.75) is 38.7 Å². The second kappa shape index (κ2) is 14.4. The summed E-state index contributed by atoms with van der Waals surface area (Å²) in [6.07, 6.45) is 6.60. The average Bonchev–Trinajstić information content (AvgIpc) is 3.39. The average molecular weight is 482 g/mol. The molecule has 2 aromatic rings. The zero-order chi connectivity index (χ0) is 24.9. The van der Waals surface area contributed by atoms with Crippen molar-refractivity contribution < 1.29 is 19.1 Å². The Bertz CT molecular complexity index is 908. The Morgan fingerprint density at radius 2 is 1.77 bits per heavy atom. The highest BCUT2D eigenvalue weighted by Gasteiger charge is 2.22. The maximum atomic E-state index is 11.9. The summed E-state index contributed by atoms with van der Waals surface area (Å²) in [5, 5.41) is 0. The molecule has 0 spiro atoms. The summed E-state index contributed by atoms with van der Waals surface area (Å²) in [6.45, 7) is 9.63. The number of hydroxylamine groups is 1. The molecular formula is C28H39N3O4. The number of ether oxygens (including phenoxy) is 2. The zero-order valence-corrected chi connectivity index (χ0v) is 21.1. The fraction of sp³-hybridized carbons (Fsp3) is 0.464. The predicted molar refractivity (Wildman–Crippen MR) is 140 cm³/mol. The van der Waals surface area contributed by atoms with E-state index >= 15 is 0 Å². The number of piperazine rings is 1. The molecule has 1 amide bonds. The van der Waals surface area contributed by atoms with Crippen LogP contribution >= 0.6 is 0 Å². The van der Waals surface area contributed by atoms with Gasteiger partial charge in [-0.05, 0) is 44.7 Å². The van der Waals surface area contributed by atoms with E-state index in [1.165, 1.54) is 18.4 Å². The first-order valence-corrected chi connectivity index (χ1v) is 12.4. The van der Waals surface area contributed by atoms with E-state index in [0.717, 1.165) is 56.2 Å². The number of aryl methyl sites for hydroxylation is 1. The van der Waals surface area contributed by atoms with Crippen molar-refractivity contribution in [2.24, 2.45) is 0 Å². The first-order valence-electron chi connectivity index (χ1n) is 12.4. The van der Waals surface area contributed by atoms with Crippen LogP contribution in [-0.2, 0) is 9.63 Å². The van der Waals surface area contributed by atoms with E-state index < -0.39 is 0 Å². The SMILES string of the molecule is C=CCONC(=O)CN1CCN(c2ccc(OC)c(OC3CCCC3)c2)CC1.Cc1ccccc1. The highest BCUT2D eigenvalue weighted by molar-refractivity contribution is 5.77. The molecule has 1 aliphatic heterocycles. The highest BCUT2D eigenvalue weighted by atomic mass is 16.6. The molecule has 7 nitrogen and oxygen atoms in total. The number of nitrogens with zero attached hydrogens (tertiary/aromatic N) is 2. The normalized spacial score (nSPS) is 16.2. The molecule has 0 unspecified atom stereocenters. The van der Waals surface area contributed by atoms with Gasteiger partial charge in [-0.25, -0.2) is 5.48 Å². The standard InChI is InChI=1S/C21H31N3O4.C7H8/c1-3-14-27-22-21(25)16-23-10-12-24(13-11-23)17-8-9-19(26-2)20(15-17)28-18-6-4-5-7-18;1-7-5-3-2-4-6-7/h3,8-9,15,18H,1,4-7,10-14,16H2,2H3,(H,22,25);2-6H,1H3.